The SMILES string of the molecule is Cc1cc(N)nc(S[C@H](C)C(=O)N2CCCCCC2)n1. The summed E-state index contributed by atoms with van der Waals surface area (Å²) in [5.74, 6) is 0.634. The summed E-state index contributed by atoms with van der Waals surface area (Å²) in [4.78, 5) is 22.9. The number of nitrogen functional groups attached to an aromatic ring is 1. The fourth-order valence-electron chi connectivity index (χ4n) is 2.37. The molecule has 1 aromatic rings. The lowest BCUT2D eigenvalue weighted by Crippen LogP contribution is -2.37. The van der Waals surface area contributed by atoms with Crippen molar-refractivity contribution in [3.8, 4) is 0 Å². The monoisotopic (exact) mass is 294 g/mol. The van der Waals surface area contributed by atoms with E-state index in [-0.39, 0.29) is 11.2 Å². The Morgan fingerprint density at radius 3 is 2.55 bits per heavy atom. The van der Waals surface area contributed by atoms with Crippen LogP contribution in [-0.2, 0) is 4.79 Å². The molecular weight excluding hydrogens is 272 g/mol. The first-order valence-corrected chi connectivity index (χ1v) is 8.01. The zero-order valence-electron chi connectivity index (χ0n) is 12.1. The van der Waals surface area contributed by atoms with Gasteiger partial charge in [-0.2, -0.15) is 0 Å². The van der Waals surface area contributed by atoms with Gasteiger partial charge in [0.1, 0.15) is 5.82 Å². The van der Waals surface area contributed by atoms with Crippen molar-refractivity contribution in [2.45, 2.75) is 49.9 Å². The van der Waals surface area contributed by atoms with Gasteiger partial charge >= 0.3 is 0 Å². The van der Waals surface area contributed by atoms with Crippen LogP contribution in [0.4, 0.5) is 5.82 Å². The van der Waals surface area contributed by atoms with Gasteiger partial charge in [-0.3, -0.25) is 4.79 Å². The van der Waals surface area contributed by atoms with Gasteiger partial charge in [-0.05, 0) is 26.7 Å². The van der Waals surface area contributed by atoms with Crippen LogP contribution in [0.25, 0.3) is 0 Å². The van der Waals surface area contributed by atoms with E-state index in [1.54, 1.807) is 6.07 Å². The third kappa shape index (κ3) is 4.10. The van der Waals surface area contributed by atoms with E-state index in [4.69, 9.17) is 5.73 Å². The van der Waals surface area contributed by atoms with Crippen molar-refractivity contribution in [2.24, 2.45) is 0 Å². The fourth-order valence-corrected chi connectivity index (χ4v) is 3.30. The van der Waals surface area contributed by atoms with Gasteiger partial charge in [-0.25, -0.2) is 9.97 Å². The molecule has 2 heterocycles. The van der Waals surface area contributed by atoms with Crippen LogP contribution in [0.15, 0.2) is 11.2 Å². The van der Waals surface area contributed by atoms with Crippen molar-refractivity contribution < 1.29 is 4.79 Å². The number of carbonyl (C=O) groups is 1. The lowest BCUT2D eigenvalue weighted by atomic mass is 10.2. The second kappa shape index (κ2) is 6.92. The van der Waals surface area contributed by atoms with E-state index in [2.05, 4.69) is 9.97 Å². The molecule has 0 unspecified atom stereocenters. The van der Waals surface area contributed by atoms with Crippen LogP contribution in [0.3, 0.4) is 0 Å². The van der Waals surface area contributed by atoms with Crippen LogP contribution in [0, 0.1) is 6.92 Å². The largest absolute Gasteiger partial charge is 0.384 e. The number of thioether (sulfide) groups is 1. The Bertz CT molecular complexity index is 452. The van der Waals surface area contributed by atoms with Crippen molar-refractivity contribution in [2.75, 3.05) is 18.8 Å². The van der Waals surface area contributed by atoms with Crippen molar-refractivity contribution in [3.05, 3.63) is 11.8 Å². The number of amides is 1. The normalized spacial score (nSPS) is 17.6. The van der Waals surface area contributed by atoms with Crippen LogP contribution in [0.1, 0.15) is 38.3 Å². The van der Waals surface area contributed by atoms with E-state index in [0.717, 1.165) is 31.6 Å². The molecule has 0 saturated carbocycles. The standard InChI is InChI=1S/C14H22N4OS/c1-10-9-12(15)17-14(16-10)20-11(2)13(19)18-7-5-3-4-6-8-18/h9,11H,3-8H2,1-2H3,(H2,15,16,17)/t11-/m1/s1. The first kappa shape index (κ1) is 15.1. The summed E-state index contributed by atoms with van der Waals surface area (Å²) >= 11 is 1.39. The Kier molecular flexibility index (Phi) is 5.23. The average molecular weight is 294 g/mol. The van der Waals surface area contributed by atoms with Crippen LogP contribution in [0.5, 0.6) is 0 Å². The topological polar surface area (TPSA) is 72.1 Å². The van der Waals surface area contributed by atoms with Crippen molar-refractivity contribution in [1.29, 1.82) is 0 Å². The number of rotatable bonds is 3. The predicted octanol–water partition coefficient (Wildman–Crippen LogP) is 2.25. The molecule has 5 nitrogen and oxygen atoms in total. The van der Waals surface area contributed by atoms with E-state index in [1.165, 1.54) is 24.6 Å². The fraction of sp³-hybridized carbons (Fsp3) is 0.643. The van der Waals surface area contributed by atoms with Gasteiger partial charge in [0.15, 0.2) is 5.16 Å². The van der Waals surface area contributed by atoms with E-state index in [1.807, 2.05) is 18.7 Å². The van der Waals surface area contributed by atoms with Crippen LogP contribution < -0.4 is 5.73 Å². The smallest absolute Gasteiger partial charge is 0.235 e. The van der Waals surface area contributed by atoms with Crippen molar-refractivity contribution in [3.63, 3.8) is 0 Å². The zero-order chi connectivity index (χ0) is 14.5. The lowest BCUT2D eigenvalue weighted by molar-refractivity contribution is -0.130. The predicted molar refractivity (Wildman–Crippen MR) is 81.5 cm³/mol. The molecule has 1 aromatic heterocycles. The summed E-state index contributed by atoms with van der Waals surface area (Å²) < 4.78 is 0. The second-order valence-electron chi connectivity index (χ2n) is 5.22. The van der Waals surface area contributed by atoms with Gasteiger partial charge < -0.3 is 10.6 Å². The molecule has 0 bridgehead atoms. The number of likely N-dealkylation sites (tertiary alicyclic amines) is 1. The van der Waals surface area contributed by atoms with Gasteiger partial charge in [0.2, 0.25) is 5.91 Å². The molecule has 0 aromatic carbocycles. The van der Waals surface area contributed by atoms with Crippen LogP contribution in [0.2, 0.25) is 0 Å². The van der Waals surface area contributed by atoms with Crippen LogP contribution >= 0.6 is 11.8 Å². The van der Waals surface area contributed by atoms with E-state index in [9.17, 15) is 4.79 Å². The third-order valence-electron chi connectivity index (χ3n) is 3.40. The summed E-state index contributed by atoms with van der Waals surface area (Å²) in [6, 6.07) is 1.73. The Morgan fingerprint density at radius 2 is 1.95 bits per heavy atom. The van der Waals surface area contributed by atoms with Gasteiger partial charge in [0.25, 0.3) is 0 Å². The van der Waals surface area contributed by atoms with Crippen LogP contribution in [-0.4, -0.2) is 39.1 Å². The molecule has 2 rings (SSSR count). The molecule has 2 N–H and O–H groups in total. The molecule has 6 heteroatoms. The van der Waals surface area contributed by atoms with Crippen molar-refractivity contribution in [1.82, 2.24) is 14.9 Å². The Hall–Kier alpha value is -1.30. The number of nitrogens with two attached hydrogens (primary N) is 1. The highest BCUT2D eigenvalue weighted by Crippen LogP contribution is 2.23. The molecular formula is C14H22N4OS. The van der Waals surface area contributed by atoms with Gasteiger partial charge in [-0.15, -0.1) is 0 Å². The van der Waals surface area contributed by atoms with E-state index >= 15 is 0 Å². The Morgan fingerprint density at radius 1 is 1.30 bits per heavy atom. The maximum absolute atomic E-state index is 12.4. The van der Waals surface area contributed by atoms with Gasteiger partial charge in [0, 0.05) is 24.8 Å². The first-order valence-electron chi connectivity index (χ1n) is 7.13. The maximum Gasteiger partial charge on any atom is 0.235 e. The molecule has 20 heavy (non-hydrogen) atoms. The summed E-state index contributed by atoms with van der Waals surface area (Å²) in [7, 11) is 0. The quantitative estimate of drug-likeness (QED) is 0.684. The number of carbonyl (C=O) groups excluding carboxylic acids is 1. The van der Waals surface area contributed by atoms with E-state index < -0.39 is 0 Å². The molecule has 1 saturated heterocycles. The zero-order valence-corrected chi connectivity index (χ0v) is 12.9. The highest BCUT2D eigenvalue weighted by molar-refractivity contribution is 8.00. The molecule has 1 aliphatic rings. The maximum atomic E-state index is 12.4. The molecule has 110 valence electrons. The molecule has 1 fully saturated rings. The number of hydrogen-bond acceptors (Lipinski definition) is 5. The minimum Gasteiger partial charge on any atom is -0.384 e. The van der Waals surface area contributed by atoms with E-state index in [0.29, 0.717) is 11.0 Å². The molecule has 1 atom stereocenters. The number of nitrogens with zero attached hydrogens (tertiary/aromatic N) is 3. The number of hydrogen-bond donors (Lipinski definition) is 1. The second-order valence-corrected chi connectivity index (χ2v) is 6.52. The van der Waals surface area contributed by atoms with Crippen molar-refractivity contribution >= 4 is 23.5 Å². The number of aromatic nitrogens is 2. The first-order chi connectivity index (χ1) is 9.56. The van der Waals surface area contributed by atoms with Gasteiger partial charge in [0.05, 0.1) is 5.25 Å². The highest BCUT2D eigenvalue weighted by atomic mass is 32.2. The number of anilines is 1. The summed E-state index contributed by atoms with van der Waals surface area (Å²) in [6.07, 6.45) is 4.67. The minimum atomic E-state index is -0.172. The Labute approximate surface area is 124 Å². The Balaban J connectivity index is 1.99. The molecule has 0 spiro atoms. The molecule has 0 aliphatic carbocycles. The molecule has 1 amide bonds. The molecule has 1 aliphatic heterocycles. The highest BCUT2D eigenvalue weighted by Gasteiger charge is 2.23. The summed E-state index contributed by atoms with van der Waals surface area (Å²) in [6.45, 7) is 5.55. The third-order valence-corrected chi connectivity index (χ3v) is 4.35. The average Bonchev–Trinajstić information content (AvgIpc) is 2.65. The minimum absolute atomic E-state index is 0.172. The summed E-state index contributed by atoms with van der Waals surface area (Å²) in [5.41, 5.74) is 6.54. The van der Waals surface area contributed by atoms with Gasteiger partial charge in [-0.1, -0.05) is 24.6 Å². The summed E-state index contributed by atoms with van der Waals surface area (Å²) in [5, 5.41) is 0.410. The molecule has 0 radical (unpaired) electrons. The lowest BCUT2D eigenvalue weighted by Gasteiger charge is -2.23. The number of aryl methyl sites for hydroxylation is 1.